The Hall–Kier alpha value is -3.65. The number of para-hydroxylation sites is 1. The van der Waals surface area contributed by atoms with Crippen LogP contribution in [0.2, 0.25) is 0 Å². The molecule has 0 spiro atoms. The highest BCUT2D eigenvalue weighted by Gasteiger charge is 2.42. The van der Waals surface area contributed by atoms with E-state index in [2.05, 4.69) is 5.32 Å². The number of ether oxygens (including phenoxy) is 2. The standard InChI is InChI=1S/C23H24N2O6/c1-15-20(23(27)30-13-12-26)21(22(25(28)29)16(2)24-15)18-10-6-7-11-19(18)31-14-17-8-4-3-5-9-17/h3-11,21,24,26H,12-14H2,1-2H3. The van der Waals surface area contributed by atoms with Gasteiger partial charge in [-0.15, -0.1) is 0 Å². The molecule has 1 unspecified atom stereocenters. The van der Waals surface area contributed by atoms with E-state index < -0.39 is 16.8 Å². The molecule has 0 fully saturated rings. The van der Waals surface area contributed by atoms with Gasteiger partial charge in [0.1, 0.15) is 24.9 Å². The number of dihydropyridines is 1. The van der Waals surface area contributed by atoms with Gasteiger partial charge < -0.3 is 19.9 Å². The van der Waals surface area contributed by atoms with Gasteiger partial charge in [0, 0.05) is 11.3 Å². The van der Waals surface area contributed by atoms with Gasteiger partial charge in [0.15, 0.2) is 0 Å². The minimum absolute atomic E-state index is 0.113. The summed E-state index contributed by atoms with van der Waals surface area (Å²) in [6, 6.07) is 16.5. The van der Waals surface area contributed by atoms with Crippen molar-refractivity contribution in [3.8, 4) is 5.75 Å². The van der Waals surface area contributed by atoms with Gasteiger partial charge in [-0.05, 0) is 25.5 Å². The molecular weight excluding hydrogens is 400 g/mol. The van der Waals surface area contributed by atoms with Crippen LogP contribution in [0.1, 0.15) is 30.9 Å². The monoisotopic (exact) mass is 424 g/mol. The molecule has 3 rings (SSSR count). The minimum Gasteiger partial charge on any atom is -0.489 e. The number of aliphatic hydroxyl groups is 1. The average Bonchev–Trinajstić information content (AvgIpc) is 2.76. The first-order valence-corrected chi connectivity index (χ1v) is 9.80. The fraction of sp³-hybridized carbons (Fsp3) is 0.261. The fourth-order valence-electron chi connectivity index (χ4n) is 3.60. The zero-order valence-corrected chi connectivity index (χ0v) is 17.3. The van der Waals surface area contributed by atoms with E-state index in [0.717, 1.165) is 5.56 Å². The molecular formula is C23H24N2O6. The van der Waals surface area contributed by atoms with Gasteiger partial charge in [-0.3, -0.25) is 10.1 Å². The Labute approximate surface area is 180 Å². The van der Waals surface area contributed by atoms with Crippen molar-refractivity contribution in [3.05, 3.63) is 98.5 Å². The van der Waals surface area contributed by atoms with Crippen LogP contribution >= 0.6 is 0 Å². The predicted octanol–water partition coefficient (Wildman–Crippen LogP) is 3.27. The van der Waals surface area contributed by atoms with Gasteiger partial charge in [-0.2, -0.15) is 0 Å². The SMILES string of the molecule is CC1=C(C(=O)OCCO)C(c2ccccc2OCc2ccccc2)C([N+](=O)[O-])=C(C)N1. The van der Waals surface area contributed by atoms with E-state index in [-0.39, 0.29) is 31.1 Å². The first kappa shape index (κ1) is 22.0. The molecule has 1 aliphatic rings. The van der Waals surface area contributed by atoms with Crippen molar-refractivity contribution in [1.82, 2.24) is 5.32 Å². The number of carbonyl (C=O) groups excluding carboxylic acids is 1. The van der Waals surface area contributed by atoms with E-state index in [9.17, 15) is 14.9 Å². The molecule has 0 bridgehead atoms. The molecule has 8 nitrogen and oxygen atoms in total. The lowest BCUT2D eigenvalue weighted by molar-refractivity contribution is -0.431. The molecule has 2 aromatic carbocycles. The molecule has 0 amide bonds. The Morgan fingerprint density at radius 3 is 2.45 bits per heavy atom. The molecule has 1 atom stereocenters. The zero-order chi connectivity index (χ0) is 22.4. The number of nitrogens with one attached hydrogen (secondary N) is 1. The van der Waals surface area contributed by atoms with Gasteiger partial charge in [-0.25, -0.2) is 4.79 Å². The van der Waals surface area contributed by atoms with E-state index in [1.807, 2.05) is 30.3 Å². The number of nitrogens with zero attached hydrogens (tertiary/aromatic N) is 1. The number of carbonyl (C=O) groups is 1. The topological polar surface area (TPSA) is 111 Å². The lowest BCUT2D eigenvalue weighted by atomic mass is 9.83. The molecule has 0 saturated heterocycles. The van der Waals surface area contributed by atoms with Crippen LogP contribution in [0.15, 0.2) is 77.3 Å². The van der Waals surface area contributed by atoms with E-state index in [1.165, 1.54) is 0 Å². The number of benzene rings is 2. The molecule has 1 aliphatic heterocycles. The Morgan fingerprint density at radius 2 is 1.77 bits per heavy atom. The van der Waals surface area contributed by atoms with Crippen molar-refractivity contribution in [2.45, 2.75) is 26.4 Å². The normalized spacial score (nSPS) is 16.0. The number of hydrogen-bond acceptors (Lipinski definition) is 7. The van der Waals surface area contributed by atoms with Crippen molar-refractivity contribution in [2.24, 2.45) is 0 Å². The van der Waals surface area contributed by atoms with Gasteiger partial charge in [0.25, 0.3) is 5.70 Å². The number of rotatable bonds is 8. The summed E-state index contributed by atoms with van der Waals surface area (Å²) in [5, 5.41) is 23.9. The van der Waals surface area contributed by atoms with E-state index in [1.54, 1.807) is 38.1 Å². The second kappa shape index (κ2) is 9.90. The predicted molar refractivity (Wildman–Crippen MR) is 114 cm³/mol. The van der Waals surface area contributed by atoms with Crippen molar-refractivity contribution in [2.75, 3.05) is 13.2 Å². The van der Waals surface area contributed by atoms with Crippen LogP contribution in [0.25, 0.3) is 0 Å². The summed E-state index contributed by atoms with van der Waals surface area (Å²) in [4.78, 5) is 24.3. The Morgan fingerprint density at radius 1 is 1.10 bits per heavy atom. The lowest BCUT2D eigenvalue weighted by Gasteiger charge is -2.27. The smallest absolute Gasteiger partial charge is 0.337 e. The van der Waals surface area contributed by atoms with Gasteiger partial charge in [-0.1, -0.05) is 48.5 Å². The van der Waals surface area contributed by atoms with Crippen LogP contribution in [0.3, 0.4) is 0 Å². The van der Waals surface area contributed by atoms with E-state index in [0.29, 0.717) is 22.7 Å². The third-order valence-electron chi connectivity index (χ3n) is 4.93. The highest BCUT2D eigenvalue weighted by atomic mass is 16.6. The molecule has 0 aromatic heterocycles. The largest absolute Gasteiger partial charge is 0.489 e. The number of hydrogen-bond donors (Lipinski definition) is 2. The molecule has 8 heteroatoms. The third-order valence-corrected chi connectivity index (χ3v) is 4.93. The van der Waals surface area contributed by atoms with Crippen LogP contribution in [0, 0.1) is 10.1 Å². The molecule has 0 aliphatic carbocycles. The molecule has 2 N–H and O–H groups in total. The summed E-state index contributed by atoms with van der Waals surface area (Å²) in [6.45, 7) is 2.98. The van der Waals surface area contributed by atoms with Crippen molar-refractivity contribution in [3.63, 3.8) is 0 Å². The van der Waals surface area contributed by atoms with Crippen LogP contribution in [0.5, 0.6) is 5.75 Å². The summed E-state index contributed by atoms with van der Waals surface area (Å²) < 4.78 is 11.1. The van der Waals surface area contributed by atoms with Crippen LogP contribution < -0.4 is 10.1 Å². The molecule has 0 saturated carbocycles. The van der Waals surface area contributed by atoms with Crippen LogP contribution in [0.4, 0.5) is 0 Å². The number of aliphatic hydroxyl groups excluding tert-OH is 1. The fourth-order valence-corrected chi connectivity index (χ4v) is 3.60. The maximum Gasteiger partial charge on any atom is 0.337 e. The molecule has 0 radical (unpaired) electrons. The average molecular weight is 424 g/mol. The Bertz CT molecular complexity index is 1030. The van der Waals surface area contributed by atoms with Gasteiger partial charge >= 0.3 is 5.97 Å². The summed E-state index contributed by atoms with van der Waals surface area (Å²) in [5.74, 6) is -1.28. The lowest BCUT2D eigenvalue weighted by Crippen LogP contribution is -2.32. The highest BCUT2D eigenvalue weighted by Crippen LogP contribution is 2.42. The van der Waals surface area contributed by atoms with E-state index >= 15 is 0 Å². The molecule has 162 valence electrons. The third kappa shape index (κ3) is 4.92. The summed E-state index contributed by atoms with van der Waals surface area (Å²) in [5.41, 5.74) is 2.18. The van der Waals surface area contributed by atoms with E-state index in [4.69, 9.17) is 14.6 Å². The number of nitro groups is 1. The molecule has 1 heterocycles. The van der Waals surface area contributed by atoms with Crippen molar-refractivity contribution < 1.29 is 24.3 Å². The van der Waals surface area contributed by atoms with Gasteiger partial charge in [0.2, 0.25) is 0 Å². The first-order valence-electron chi connectivity index (χ1n) is 9.80. The molecule has 2 aromatic rings. The summed E-state index contributed by atoms with van der Waals surface area (Å²) in [6.07, 6.45) is 0. The highest BCUT2D eigenvalue weighted by molar-refractivity contribution is 5.92. The Kier molecular flexibility index (Phi) is 7.04. The zero-order valence-electron chi connectivity index (χ0n) is 17.3. The van der Waals surface area contributed by atoms with Crippen molar-refractivity contribution >= 4 is 5.97 Å². The molecule has 31 heavy (non-hydrogen) atoms. The number of esters is 1. The first-order chi connectivity index (χ1) is 14.9. The second-order valence-corrected chi connectivity index (χ2v) is 7.04. The second-order valence-electron chi connectivity index (χ2n) is 7.04. The van der Waals surface area contributed by atoms with Crippen molar-refractivity contribution in [1.29, 1.82) is 0 Å². The summed E-state index contributed by atoms with van der Waals surface area (Å²) in [7, 11) is 0. The quantitative estimate of drug-likeness (QED) is 0.380. The Balaban J connectivity index is 2.06. The maximum atomic E-state index is 12.8. The van der Waals surface area contributed by atoms with Gasteiger partial charge in [0.05, 0.1) is 22.8 Å². The van der Waals surface area contributed by atoms with Crippen LogP contribution in [-0.2, 0) is 16.1 Å². The minimum atomic E-state index is -0.991. The summed E-state index contributed by atoms with van der Waals surface area (Å²) >= 11 is 0. The number of allylic oxidation sites excluding steroid dienone is 3. The maximum absolute atomic E-state index is 12.8. The van der Waals surface area contributed by atoms with Crippen LogP contribution in [-0.4, -0.2) is 29.2 Å².